The fourth-order valence-corrected chi connectivity index (χ4v) is 3.26. The van der Waals surface area contributed by atoms with E-state index in [9.17, 15) is 14.7 Å². The number of hydrogen-bond acceptors (Lipinski definition) is 7. The molecule has 4 aromatic rings. The maximum atomic E-state index is 12.0. The fourth-order valence-electron chi connectivity index (χ4n) is 2.61. The minimum absolute atomic E-state index is 0.0162. The number of aromatic nitrogens is 4. The second-order valence-corrected chi connectivity index (χ2v) is 8.84. The van der Waals surface area contributed by atoms with E-state index in [4.69, 9.17) is 9.59 Å². The van der Waals surface area contributed by atoms with Crippen LogP contribution in [-0.2, 0) is 15.2 Å². The molecule has 0 bridgehead atoms. The molecule has 0 unspecified atom stereocenters. The molecule has 0 atom stereocenters. The van der Waals surface area contributed by atoms with Gasteiger partial charge in [-0.05, 0) is 45.0 Å². The normalized spacial score (nSPS) is 10.6. The molecule has 0 saturated carbocycles. The highest BCUT2D eigenvalue weighted by molar-refractivity contribution is 9.10. The summed E-state index contributed by atoms with van der Waals surface area (Å²) in [6.07, 6.45) is 6.60. The van der Waals surface area contributed by atoms with E-state index in [-0.39, 0.29) is 22.8 Å². The second-order valence-electron chi connectivity index (χ2n) is 7.01. The van der Waals surface area contributed by atoms with Crippen molar-refractivity contribution in [2.24, 2.45) is 0 Å². The van der Waals surface area contributed by atoms with Crippen LogP contribution in [-0.4, -0.2) is 30.0 Å². The summed E-state index contributed by atoms with van der Waals surface area (Å²) in [6, 6.07) is 7.12. The number of halogens is 2. The van der Waals surface area contributed by atoms with Crippen LogP contribution in [0.4, 0.5) is 0 Å². The van der Waals surface area contributed by atoms with E-state index in [2.05, 4.69) is 41.8 Å². The lowest BCUT2D eigenvalue weighted by Gasteiger charge is -2.16. The first-order valence-electron chi connectivity index (χ1n) is 9.02. The molecule has 0 aliphatic heterocycles. The lowest BCUT2D eigenvalue weighted by Crippen LogP contribution is -2.29. The lowest BCUT2D eigenvalue weighted by molar-refractivity contribution is -0.191. The molecule has 1 N–H and O–H groups in total. The topological polar surface area (TPSA) is 123 Å². The first kappa shape index (κ1) is 25.3. The van der Waals surface area contributed by atoms with Gasteiger partial charge in [0.1, 0.15) is 11.3 Å². The molecule has 4 rings (SSSR count). The number of fused-ring (bicyclic) bond motifs is 2. The Balaban J connectivity index is 0.000000206. The van der Waals surface area contributed by atoms with Crippen molar-refractivity contribution in [3.8, 4) is 0 Å². The molecule has 0 fully saturated rings. The van der Waals surface area contributed by atoms with Gasteiger partial charge in [-0.1, -0.05) is 31.9 Å². The largest absolute Gasteiger partial charge is 0.385 e. The zero-order chi connectivity index (χ0) is 24.1. The summed E-state index contributed by atoms with van der Waals surface area (Å²) in [4.78, 5) is 48.1. The molecule has 4 heterocycles. The molecule has 0 saturated heterocycles. The summed E-state index contributed by atoms with van der Waals surface area (Å²) in [7, 11) is 0. The van der Waals surface area contributed by atoms with Gasteiger partial charge in [0.15, 0.2) is 0 Å². The van der Waals surface area contributed by atoms with Gasteiger partial charge in [-0.15, -0.1) is 0 Å². The standard InChI is InChI=1S/C11H11BrN2O2.C9H7BrN2O.CO2/c1-11(2,16)8-6-13-9-5-7(12)3-4-14(9)10(8)15;1-6-5-11-8-4-7(10)2-3-12(8)9(6)13;2-1-3/h3-6,16H,1-2H3;2-5H,1H3;. The van der Waals surface area contributed by atoms with Crippen LogP contribution in [0, 0.1) is 6.92 Å². The summed E-state index contributed by atoms with van der Waals surface area (Å²) < 4.78 is 4.72. The molecular formula is C21H18Br2N4O5. The van der Waals surface area contributed by atoms with Crippen molar-refractivity contribution in [3.05, 3.63) is 89.8 Å². The van der Waals surface area contributed by atoms with E-state index in [1.54, 1.807) is 57.6 Å². The molecule has 0 aromatic carbocycles. The number of pyridine rings is 2. The fraction of sp³-hybridized carbons (Fsp3) is 0.190. The molecule has 11 heteroatoms. The van der Waals surface area contributed by atoms with Crippen molar-refractivity contribution in [2.45, 2.75) is 26.4 Å². The number of nitrogens with zero attached hydrogens (tertiary/aromatic N) is 4. The van der Waals surface area contributed by atoms with Crippen LogP contribution in [0.2, 0.25) is 0 Å². The van der Waals surface area contributed by atoms with E-state index in [0.717, 1.165) is 8.95 Å². The van der Waals surface area contributed by atoms with Crippen LogP contribution >= 0.6 is 31.9 Å². The Hall–Kier alpha value is -2.98. The average molecular weight is 566 g/mol. The van der Waals surface area contributed by atoms with Crippen LogP contribution in [0.3, 0.4) is 0 Å². The number of carbonyl (C=O) groups excluding carboxylic acids is 2. The third-order valence-electron chi connectivity index (χ3n) is 4.17. The molecule has 0 amide bonds. The molecule has 32 heavy (non-hydrogen) atoms. The van der Waals surface area contributed by atoms with Crippen molar-refractivity contribution in [1.82, 2.24) is 18.8 Å². The van der Waals surface area contributed by atoms with Gasteiger partial charge in [0.2, 0.25) is 0 Å². The smallest absolute Gasteiger partial charge is 0.373 e. The van der Waals surface area contributed by atoms with E-state index < -0.39 is 5.60 Å². The van der Waals surface area contributed by atoms with Crippen LogP contribution in [0.5, 0.6) is 0 Å². The maximum Gasteiger partial charge on any atom is 0.373 e. The minimum atomic E-state index is -1.18. The summed E-state index contributed by atoms with van der Waals surface area (Å²) in [5.41, 5.74) is 0.699. The predicted molar refractivity (Wildman–Crippen MR) is 123 cm³/mol. The van der Waals surface area contributed by atoms with Gasteiger partial charge in [0.05, 0.1) is 11.2 Å². The average Bonchev–Trinajstić information content (AvgIpc) is 2.71. The van der Waals surface area contributed by atoms with Crippen molar-refractivity contribution >= 4 is 49.3 Å². The van der Waals surface area contributed by atoms with Gasteiger partial charge in [-0.3, -0.25) is 18.4 Å². The molecule has 9 nitrogen and oxygen atoms in total. The van der Waals surface area contributed by atoms with Gasteiger partial charge in [0.25, 0.3) is 11.1 Å². The second kappa shape index (κ2) is 10.6. The van der Waals surface area contributed by atoms with Crippen LogP contribution in [0.25, 0.3) is 11.3 Å². The molecular weight excluding hydrogens is 548 g/mol. The Bertz CT molecular complexity index is 1420. The van der Waals surface area contributed by atoms with Gasteiger partial charge in [-0.25, -0.2) is 9.97 Å². The Labute approximate surface area is 198 Å². The molecule has 0 spiro atoms. The highest BCUT2D eigenvalue weighted by atomic mass is 79.9. The highest BCUT2D eigenvalue weighted by Crippen LogP contribution is 2.16. The Morgan fingerprint density at radius 1 is 0.906 bits per heavy atom. The monoisotopic (exact) mass is 564 g/mol. The van der Waals surface area contributed by atoms with Gasteiger partial charge in [0, 0.05) is 39.3 Å². The van der Waals surface area contributed by atoms with Gasteiger partial charge in [-0.2, -0.15) is 9.59 Å². The van der Waals surface area contributed by atoms with E-state index in [0.29, 0.717) is 16.9 Å². The minimum Gasteiger partial charge on any atom is -0.385 e. The van der Waals surface area contributed by atoms with Crippen LogP contribution in [0.1, 0.15) is 25.0 Å². The highest BCUT2D eigenvalue weighted by Gasteiger charge is 2.21. The van der Waals surface area contributed by atoms with Gasteiger partial charge < -0.3 is 5.11 Å². The number of aryl methyl sites for hydroxylation is 1. The third-order valence-corrected chi connectivity index (χ3v) is 5.16. The van der Waals surface area contributed by atoms with E-state index >= 15 is 0 Å². The quantitative estimate of drug-likeness (QED) is 0.376. The summed E-state index contributed by atoms with van der Waals surface area (Å²) in [5.74, 6) is 0. The molecule has 0 radical (unpaired) electrons. The van der Waals surface area contributed by atoms with Gasteiger partial charge >= 0.3 is 6.15 Å². The van der Waals surface area contributed by atoms with Crippen molar-refractivity contribution < 1.29 is 14.7 Å². The van der Waals surface area contributed by atoms with Crippen molar-refractivity contribution in [1.29, 1.82) is 0 Å². The summed E-state index contributed by atoms with van der Waals surface area (Å²) in [5, 5.41) is 9.82. The number of hydrogen-bond donors (Lipinski definition) is 1. The van der Waals surface area contributed by atoms with Crippen LogP contribution < -0.4 is 11.1 Å². The molecule has 166 valence electrons. The summed E-state index contributed by atoms with van der Waals surface area (Å²) in [6.45, 7) is 4.89. The molecule has 0 aliphatic carbocycles. The zero-order valence-corrected chi connectivity index (χ0v) is 20.4. The SMILES string of the molecule is CC(C)(O)c1cnc2cc(Br)ccn2c1=O.Cc1cnc2cc(Br)ccn2c1=O.O=C=O. The summed E-state index contributed by atoms with van der Waals surface area (Å²) >= 11 is 6.63. The van der Waals surface area contributed by atoms with E-state index in [1.165, 1.54) is 15.0 Å². The van der Waals surface area contributed by atoms with Crippen molar-refractivity contribution in [2.75, 3.05) is 0 Å². The number of aliphatic hydroxyl groups is 1. The maximum absolute atomic E-state index is 12.0. The first-order valence-corrected chi connectivity index (χ1v) is 10.6. The first-order chi connectivity index (χ1) is 15.0. The van der Waals surface area contributed by atoms with E-state index in [1.807, 2.05) is 6.07 Å². The molecule has 4 aromatic heterocycles. The van der Waals surface area contributed by atoms with Crippen LogP contribution in [0.15, 0.2) is 67.6 Å². The van der Waals surface area contributed by atoms with Crippen molar-refractivity contribution in [3.63, 3.8) is 0 Å². The Kier molecular flexibility index (Phi) is 8.34. The zero-order valence-electron chi connectivity index (χ0n) is 17.2. The predicted octanol–water partition coefficient (Wildman–Crippen LogP) is 2.87. The Morgan fingerprint density at radius 2 is 1.34 bits per heavy atom. The number of rotatable bonds is 1. The Morgan fingerprint density at radius 3 is 1.81 bits per heavy atom. The lowest BCUT2D eigenvalue weighted by atomic mass is 10.0. The third kappa shape index (κ3) is 6.04. The molecule has 0 aliphatic rings.